The van der Waals surface area contributed by atoms with Crippen LogP contribution in [0.1, 0.15) is 53.9 Å². The number of hydrogen-bond acceptors (Lipinski definition) is 1. The SMILES string of the molecule is CC1=C(/C=C/C(C)=C/C=C/C(C)=C/CO)C(C)(C)CCC1.[LiH]. The Balaban J connectivity index is 0.00000441. The van der Waals surface area contributed by atoms with E-state index in [0.29, 0.717) is 5.41 Å². The van der Waals surface area contributed by atoms with Gasteiger partial charge in [-0.1, -0.05) is 67.0 Å². The predicted molar refractivity (Wildman–Crippen MR) is 100 cm³/mol. The molecule has 1 aliphatic rings. The summed E-state index contributed by atoms with van der Waals surface area (Å²) in [7, 11) is 0. The molecule has 0 unspecified atom stereocenters. The molecular weight excluding hydrogens is 263 g/mol. The van der Waals surface area contributed by atoms with Crippen LogP contribution in [0.2, 0.25) is 0 Å². The summed E-state index contributed by atoms with van der Waals surface area (Å²) in [5.74, 6) is 0. The summed E-state index contributed by atoms with van der Waals surface area (Å²) in [6.07, 6.45) is 16.3. The van der Waals surface area contributed by atoms with Crippen molar-refractivity contribution in [2.24, 2.45) is 5.41 Å². The van der Waals surface area contributed by atoms with E-state index in [2.05, 4.69) is 45.9 Å². The zero-order valence-electron chi connectivity index (χ0n) is 14.2. The van der Waals surface area contributed by atoms with Crippen LogP contribution in [-0.2, 0) is 0 Å². The Morgan fingerprint density at radius 1 is 1.18 bits per heavy atom. The topological polar surface area (TPSA) is 20.2 Å². The summed E-state index contributed by atoms with van der Waals surface area (Å²) in [5, 5.41) is 8.81. The molecule has 0 heterocycles. The van der Waals surface area contributed by atoms with Crippen LogP contribution in [0.4, 0.5) is 0 Å². The van der Waals surface area contributed by atoms with E-state index in [9.17, 15) is 0 Å². The monoisotopic (exact) mass is 294 g/mol. The molecule has 0 saturated carbocycles. The number of aliphatic hydroxyl groups excluding tert-OH is 1. The zero-order valence-corrected chi connectivity index (χ0v) is 14.2. The van der Waals surface area contributed by atoms with E-state index in [4.69, 9.17) is 5.11 Å². The fourth-order valence-corrected chi connectivity index (χ4v) is 2.84. The van der Waals surface area contributed by atoms with Crippen LogP contribution in [0, 0.1) is 5.41 Å². The van der Waals surface area contributed by atoms with Gasteiger partial charge in [-0.05, 0) is 51.0 Å². The van der Waals surface area contributed by atoms with Crippen LogP contribution in [0.3, 0.4) is 0 Å². The van der Waals surface area contributed by atoms with Crippen LogP contribution in [0.5, 0.6) is 0 Å². The minimum absolute atomic E-state index is 0. The molecule has 0 atom stereocenters. The van der Waals surface area contributed by atoms with Crippen LogP contribution in [0.15, 0.2) is 58.7 Å². The van der Waals surface area contributed by atoms with Gasteiger partial charge in [0, 0.05) is 0 Å². The molecule has 0 fully saturated rings. The molecule has 0 spiro atoms. The molecule has 1 rings (SSSR count). The van der Waals surface area contributed by atoms with Crippen molar-refractivity contribution in [2.45, 2.75) is 53.9 Å². The molecule has 0 radical (unpaired) electrons. The zero-order chi connectivity index (χ0) is 15.9. The Labute approximate surface area is 148 Å². The van der Waals surface area contributed by atoms with Gasteiger partial charge in [0.05, 0.1) is 6.61 Å². The van der Waals surface area contributed by atoms with Gasteiger partial charge in [0.15, 0.2) is 0 Å². The normalized spacial score (nSPS) is 19.9. The molecule has 118 valence electrons. The first-order chi connectivity index (χ1) is 9.86. The van der Waals surface area contributed by atoms with Crippen molar-refractivity contribution in [1.29, 1.82) is 0 Å². The molecule has 0 aliphatic heterocycles. The third-order valence-corrected chi connectivity index (χ3v) is 4.19. The van der Waals surface area contributed by atoms with Gasteiger partial charge in [0.1, 0.15) is 0 Å². The molecule has 22 heavy (non-hydrogen) atoms. The van der Waals surface area contributed by atoms with E-state index in [-0.39, 0.29) is 25.5 Å². The minimum atomic E-state index is 0. The van der Waals surface area contributed by atoms with E-state index in [1.54, 1.807) is 6.08 Å². The Hall–Kier alpha value is -0.743. The molecule has 0 bridgehead atoms. The molecule has 0 aromatic heterocycles. The van der Waals surface area contributed by atoms with Gasteiger partial charge >= 0.3 is 18.9 Å². The van der Waals surface area contributed by atoms with Gasteiger partial charge in [-0.3, -0.25) is 0 Å². The average molecular weight is 294 g/mol. The fraction of sp³-hybridized carbons (Fsp3) is 0.500. The molecule has 1 N–H and O–H groups in total. The van der Waals surface area contributed by atoms with Crippen molar-refractivity contribution in [3.05, 3.63) is 58.7 Å². The first-order valence-electron chi connectivity index (χ1n) is 7.87. The van der Waals surface area contributed by atoms with Crippen molar-refractivity contribution in [1.82, 2.24) is 0 Å². The van der Waals surface area contributed by atoms with Crippen molar-refractivity contribution in [3.63, 3.8) is 0 Å². The van der Waals surface area contributed by atoms with Crippen LogP contribution in [-0.4, -0.2) is 30.6 Å². The van der Waals surface area contributed by atoms with Crippen molar-refractivity contribution in [3.8, 4) is 0 Å². The van der Waals surface area contributed by atoms with Gasteiger partial charge < -0.3 is 5.11 Å². The van der Waals surface area contributed by atoms with Gasteiger partial charge in [0.2, 0.25) is 0 Å². The first kappa shape index (κ1) is 21.3. The van der Waals surface area contributed by atoms with Gasteiger partial charge in [-0.15, -0.1) is 0 Å². The number of rotatable bonds is 5. The van der Waals surface area contributed by atoms with Crippen LogP contribution >= 0.6 is 0 Å². The summed E-state index contributed by atoms with van der Waals surface area (Å²) in [5.41, 5.74) is 5.66. The second-order valence-corrected chi connectivity index (χ2v) is 6.67. The van der Waals surface area contributed by atoms with E-state index in [0.717, 1.165) is 5.57 Å². The van der Waals surface area contributed by atoms with Gasteiger partial charge in [0.25, 0.3) is 0 Å². The Kier molecular flexibility index (Phi) is 9.77. The predicted octanol–water partition coefficient (Wildman–Crippen LogP) is 4.86. The average Bonchev–Trinajstić information content (AvgIpc) is 2.37. The number of allylic oxidation sites excluding steroid dienone is 9. The van der Waals surface area contributed by atoms with Gasteiger partial charge in [-0.25, -0.2) is 0 Å². The van der Waals surface area contributed by atoms with Gasteiger partial charge in [-0.2, -0.15) is 0 Å². The maximum atomic E-state index is 8.81. The molecular formula is C20H31LiO. The fourth-order valence-electron chi connectivity index (χ4n) is 2.84. The summed E-state index contributed by atoms with van der Waals surface area (Å²) >= 11 is 0. The molecule has 2 heteroatoms. The maximum absolute atomic E-state index is 8.81. The third-order valence-electron chi connectivity index (χ3n) is 4.19. The summed E-state index contributed by atoms with van der Waals surface area (Å²) in [4.78, 5) is 0. The molecule has 1 aliphatic carbocycles. The van der Waals surface area contributed by atoms with E-state index >= 15 is 0 Å². The van der Waals surface area contributed by atoms with E-state index in [1.807, 2.05) is 19.1 Å². The Morgan fingerprint density at radius 3 is 2.45 bits per heavy atom. The first-order valence-corrected chi connectivity index (χ1v) is 7.87. The summed E-state index contributed by atoms with van der Waals surface area (Å²) < 4.78 is 0. The summed E-state index contributed by atoms with van der Waals surface area (Å²) in [6.45, 7) is 11.2. The summed E-state index contributed by atoms with van der Waals surface area (Å²) in [6, 6.07) is 0. The molecule has 0 amide bonds. The Morgan fingerprint density at radius 2 is 1.86 bits per heavy atom. The molecule has 0 saturated heterocycles. The van der Waals surface area contributed by atoms with E-state index < -0.39 is 0 Å². The molecule has 0 aromatic rings. The van der Waals surface area contributed by atoms with Crippen LogP contribution in [0.25, 0.3) is 0 Å². The standard InChI is InChI=1S/C20H30O.Li.H/c1-16(8-6-9-17(2)13-15-21)11-12-19-18(3)10-7-14-20(19,4)5;;/h6,8-9,11-13,21H,7,10,14-15H2,1-5H3;;/b9-6+,12-11+,16-8+,17-13+;;. The van der Waals surface area contributed by atoms with E-state index in [1.165, 1.54) is 36.0 Å². The molecule has 0 aromatic carbocycles. The quantitative estimate of drug-likeness (QED) is 0.567. The molecule has 1 nitrogen and oxygen atoms in total. The van der Waals surface area contributed by atoms with Crippen LogP contribution < -0.4 is 0 Å². The van der Waals surface area contributed by atoms with Crippen molar-refractivity contribution < 1.29 is 5.11 Å². The van der Waals surface area contributed by atoms with Crippen molar-refractivity contribution >= 4 is 18.9 Å². The second-order valence-electron chi connectivity index (χ2n) is 6.67. The Bertz CT molecular complexity index is 502. The number of hydrogen-bond donors (Lipinski definition) is 1. The second kappa shape index (κ2) is 10.1. The van der Waals surface area contributed by atoms with Crippen molar-refractivity contribution in [2.75, 3.05) is 6.61 Å². The number of aliphatic hydroxyl groups is 1. The third kappa shape index (κ3) is 7.01.